The third-order valence-electron chi connectivity index (χ3n) is 2.28. The summed E-state index contributed by atoms with van der Waals surface area (Å²) in [6.45, 7) is 10.1. The van der Waals surface area contributed by atoms with Gasteiger partial charge in [-0.1, -0.05) is 18.7 Å². The molecule has 0 aromatic rings. The standard InChI is InChI=1S/C12H18N2/c1-5-7-10(3)12(6-2)14-9-8-13-11(14)4/h5-9,11,13H,2H2,1,3-4H3/b7-5-,12-10+. The van der Waals surface area contributed by atoms with E-state index in [0.29, 0.717) is 6.17 Å². The Morgan fingerprint density at radius 3 is 2.71 bits per heavy atom. The highest BCUT2D eigenvalue weighted by Gasteiger charge is 2.16. The second kappa shape index (κ2) is 4.70. The highest BCUT2D eigenvalue weighted by atomic mass is 15.3. The van der Waals surface area contributed by atoms with E-state index in [-0.39, 0.29) is 0 Å². The highest BCUT2D eigenvalue weighted by Crippen LogP contribution is 2.18. The van der Waals surface area contributed by atoms with E-state index in [9.17, 15) is 0 Å². The molecule has 0 saturated carbocycles. The first-order valence-corrected chi connectivity index (χ1v) is 4.87. The van der Waals surface area contributed by atoms with Gasteiger partial charge in [0.05, 0.1) is 6.17 Å². The summed E-state index contributed by atoms with van der Waals surface area (Å²) in [4.78, 5) is 2.17. The average Bonchev–Trinajstić information content (AvgIpc) is 2.54. The van der Waals surface area contributed by atoms with Crippen LogP contribution in [0.1, 0.15) is 20.8 Å². The maximum Gasteiger partial charge on any atom is 0.1000 e. The summed E-state index contributed by atoms with van der Waals surface area (Å²) in [6, 6.07) is 0. The molecule has 0 bridgehead atoms. The first-order valence-electron chi connectivity index (χ1n) is 4.87. The SMILES string of the molecule is C=C/C(=C(C)\C=C/C)N1C=CNC1C. The molecule has 2 heteroatoms. The lowest BCUT2D eigenvalue weighted by molar-refractivity contribution is 0.372. The van der Waals surface area contributed by atoms with Gasteiger partial charge in [0, 0.05) is 18.1 Å². The number of nitrogens with zero attached hydrogens (tertiary/aromatic N) is 1. The summed E-state index contributed by atoms with van der Waals surface area (Å²) in [7, 11) is 0. The fourth-order valence-corrected chi connectivity index (χ4v) is 1.57. The summed E-state index contributed by atoms with van der Waals surface area (Å²) in [5.74, 6) is 0. The maximum atomic E-state index is 3.85. The first-order chi connectivity index (χ1) is 6.70. The molecule has 1 unspecified atom stereocenters. The molecule has 1 N–H and O–H groups in total. The summed E-state index contributed by atoms with van der Waals surface area (Å²) >= 11 is 0. The molecule has 1 aliphatic rings. The minimum atomic E-state index is 0.309. The molecule has 2 nitrogen and oxygen atoms in total. The van der Waals surface area contributed by atoms with Crippen molar-refractivity contribution in [2.24, 2.45) is 0 Å². The van der Waals surface area contributed by atoms with E-state index in [2.05, 4.69) is 36.7 Å². The van der Waals surface area contributed by atoms with Crippen molar-refractivity contribution in [3.8, 4) is 0 Å². The van der Waals surface area contributed by atoms with E-state index in [4.69, 9.17) is 0 Å². The van der Waals surface area contributed by atoms with Gasteiger partial charge in [-0.25, -0.2) is 0 Å². The molecule has 0 saturated heterocycles. The summed E-state index contributed by atoms with van der Waals surface area (Å²) in [5, 5.41) is 3.22. The zero-order valence-corrected chi connectivity index (χ0v) is 9.12. The van der Waals surface area contributed by atoms with Crippen LogP contribution in [-0.4, -0.2) is 11.1 Å². The monoisotopic (exact) mass is 190 g/mol. The van der Waals surface area contributed by atoms with Gasteiger partial charge in [0.1, 0.15) is 0 Å². The lowest BCUT2D eigenvalue weighted by atomic mass is 10.2. The molecule has 76 valence electrons. The summed E-state index contributed by atoms with van der Waals surface area (Å²) in [5.41, 5.74) is 2.37. The van der Waals surface area contributed by atoms with Crippen LogP contribution >= 0.6 is 0 Å². The van der Waals surface area contributed by atoms with Gasteiger partial charge in [0.25, 0.3) is 0 Å². The third kappa shape index (κ3) is 2.08. The Kier molecular flexibility index (Phi) is 3.57. The fraction of sp³-hybridized carbons (Fsp3) is 0.333. The lowest BCUT2D eigenvalue weighted by Crippen LogP contribution is -2.31. The van der Waals surface area contributed by atoms with Gasteiger partial charge in [0.15, 0.2) is 0 Å². The predicted molar refractivity (Wildman–Crippen MR) is 61.3 cm³/mol. The van der Waals surface area contributed by atoms with E-state index >= 15 is 0 Å². The van der Waals surface area contributed by atoms with Crippen LogP contribution < -0.4 is 5.32 Å². The Labute approximate surface area is 86.3 Å². The fourth-order valence-electron chi connectivity index (χ4n) is 1.57. The van der Waals surface area contributed by atoms with Gasteiger partial charge < -0.3 is 10.2 Å². The van der Waals surface area contributed by atoms with Crippen molar-refractivity contribution in [1.29, 1.82) is 0 Å². The van der Waals surface area contributed by atoms with Crippen LogP contribution in [0.25, 0.3) is 0 Å². The molecule has 1 heterocycles. The molecule has 14 heavy (non-hydrogen) atoms. The van der Waals surface area contributed by atoms with Crippen LogP contribution in [0.2, 0.25) is 0 Å². The Balaban J connectivity index is 2.96. The molecule has 0 spiro atoms. The summed E-state index contributed by atoms with van der Waals surface area (Å²) < 4.78 is 0. The average molecular weight is 190 g/mol. The topological polar surface area (TPSA) is 15.3 Å². The Bertz CT molecular complexity index is 297. The maximum absolute atomic E-state index is 3.85. The van der Waals surface area contributed by atoms with Crippen molar-refractivity contribution in [3.63, 3.8) is 0 Å². The zero-order valence-electron chi connectivity index (χ0n) is 9.12. The molecule has 0 aromatic heterocycles. The molecule has 1 rings (SSSR count). The van der Waals surface area contributed by atoms with Crippen molar-refractivity contribution in [2.45, 2.75) is 26.9 Å². The summed E-state index contributed by atoms with van der Waals surface area (Å²) in [6.07, 6.45) is 10.3. The second-order valence-electron chi connectivity index (χ2n) is 3.34. The zero-order chi connectivity index (χ0) is 10.6. The van der Waals surface area contributed by atoms with Crippen molar-refractivity contribution < 1.29 is 0 Å². The van der Waals surface area contributed by atoms with Gasteiger partial charge in [-0.2, -0.15) is 0 Å². The molecule has 0 amide bonds. The molecular weight excluding hydrogens is 172 g/mol. The van der Waals surface area contributed by atoms with Gasteiger partial charge in [-0.05, 0) is 32.4 Å². The smallest absolute Gasteiger partial charge is 0.1000 e. The number of nitrogens with one attached hydrogen (secondary N) is 1. The van der Waals surface area contributed by atoms with Gasteiger partial charge in [0.2, 0.25) is 0 Å². The predicted octanol–water partition coefficient (Wildman–Crippen LogP) is 2.74. The van der Waals surface area contributed by atoms with Crippen molar-refractivity contribution in [3.05, 3.63) is 48.5 Å². The largest absolute Gasteiger partial charge is 0.370 e. The van der Waals surface area contributed by atoms with Gasteiger partial charge in [-0.15, -0.1) is 0 Å². The van der Waals surface area contributed by atoms with Crippen LogP contribution in [0.15, 0.2) is 48.5 Å². The third-order valence-corrected chi connectivity index (χ3v) is 2.28. The molecule has 0 aliphatic carbocycles. The first kappa shape index (κ1) is 10.6. The van der Waals surface area contributed by atoms with Crippen LogP contribution in [0.4, 0.5) is 0 Å². The van der Waals surface area contributed by atoms with Crippen molar-refractivity contribution in [2.75, 3.05) is 0 Å². The van der Waals surface area contributed by atoms with E-state index in [1.807, 2.05) is 31.5 Å². The minimum absolute atomic E-state index is 0.309. The van der Waals surface area contributed by atoms with Crippen molar-refractivity contribution >= 4 is 0 Å². The Hall–Kier alpha value is -1.44. The van der Waals surface area contributed by atoms with Crippen LogP contribution in [0, 0.1) is 0 Å². The number of allylic oxidation sites excluding steroid dienone is 4. The highest BCUT2D eigenvalue weighted by molar-refractivity contribution is 5.32. The molecular formula is C12H18N2. The second-order valence-corrected chi connectivity index (χ2v) is 3.34. The number of rotatable bonds is 3. The molecule has 0 aromatic carbocycles. The van der Waals surface area contributed by atoms with E-state index in [1.165, 1.54) is 5.57 Å². The minimum Gasteiger partial charge on any atom is -0.370 e. The molecule has 1 aliphatic heterocycles. The van der Waals surface area contributed by atoms with Gasteiger partial charge >= 0.3 is 0 Å². The number of hydrogen-bond donors (Lipinski definition) is 1. The normalized spacial score (nSPS) is 22.5. The molecule has 0 radical (unpaired) electrons. The number of hydrogen-bond acceptors (Lipinski definition) is 2. The van der Waals surface area contributed by atoms with E-state index in [0.717, 1.165) is 5.70 Å². The Morgan fingerprint density at radius 2 is 2.29 bits per heavy atom. The lowest BCUT2D eigenvalue weighted by Gasteiger charge is -2.24. The van der Waals surface area contributed by atoms with Crippen LogP contribution in [0.5, 0.6) is 0 Å². The van der Waals surface area contributed by atoms with E-state index < -0.39 is 0 Å². The van der Waals surface area contributed by atoms with Crippen LogP contribution in [-0.2, 0) is 0 Å². The quantitative estimate of drug-likeness (QED) is 0.688. The molecule has 0 fully saturated rings. The molecule has 1 atom stereocenters. The van der Waals surface area contributed by atoms with Crippen LogP contribution in [0.3, 0.4) is 0 Å². The van der Waals surface area contributed by atoms with Crippen molar-refractivity contribution in [1.82, 2.24) is 10.2 Å². The van der Waals surface area contributed by atoms with Gasteiger partial charge in [-0.3, -0.25) is 0 Å². The Morgan fingerprint density at radius 1 is 1.57 bits per heavy atom. The van der Waals surface area contributed by atoms with E-state index in [1.54, 1.807) is 0 Å².